The second-order valence-electron chi connectivity index (χ2n) is 9.65. The summed E-state index contributed by atoms with van der Waals surface area (Å²) in [5.74, 6) is 1.10. The summed E-state index contributed by atoms with van der Waals surface area (Å²) in [5.41, 5.74) is 2.50. The third kappa shape index (κ3) is 6.28. The molecule has 2 heterocycles. The topological polar surface area (TPSA) is 59.1 Å². The number of rotatable bonds is 9. The van der Waals surface area contributed by atoms with Crippen LogP contribution in [0.2, 0.25) is 5.02 Å². The molecule has 37 heavy (non-hydrogen) atoms. The van der Waals surface area contributed by atoms with Gasteiger partial charge in [0.15, 0.2) is 0 Å². The highest BCUT2D eigenvalue weighted by Crippen LogP contribution is 2.34. The van der Waals surface area contributed by atoms with Gasteiger partial charge in [-0.2, -0.15) is 0 Å². The molecule has 4 rings (SSSR count). The number of carbonyl (C=O) groups excluding carboxylic acids is 2. The molecule has 8 heteroatoms. The maximum Gasteiger partial charge on any atom is 0.258 e. The normalized spacial score (nSPS) is 14.9. The molecule has 0 saturated carbocycles. The van der Waals surface area contributed by atoms with Gasteiger partial charge in [0.25, 0.3) is 5.91 Å². The number of methoxy groups -OCH3 is 1. The van der Waals surface area contributed by atoms with Crippen molar-refractivity contribution in [2.45, 2.75) is 33.2 Å². The molecule has 0 bridgehead atoms. The van der Waals surface area contributed by atoms with Crippen molar-refractivity contribution in [3.8, 4) is 11.5 Å². The first-order valence-corrected chi connectivity index (χ1v) is 13.7. The molecule has 0 saturated heterocycles. The summed E-state index contributed by atoms with van der Waals surface area (Å²) in [6.45, 7) is 7.37. The Morgan fingerprint density at radius 3 is 2.70 bits per heavy atom. The molecule has 1 aliphatic rings. The second-order valence-corrected chi connectivity index (χ2v) is 11.1. The predicted octanol–water partition coefficient (Wildman–Crippen LogP) is 6.02. The molecule has 6 nitrogen and oxygen atoms in total. The Balaban J connectivity index is 1.55. The molecule has 0 fully saturated rings. The summed E-state index contributed by atoms with van der Waals surface area (Å²) in [6, 6.07) is 14.5. The van der Waals surface area contributed by atoms with Crippen molar-refractivity contribution in [3.63, 3.8) is 0 Å². The minimum absolute atomic E-state index is 0.00884. The lowest BCUT2D eigenvalue weighted by atomic mass is 10.00. The van der Waals surface area contributed by atoms with Crippen LogP contribution < -0.4 is 9.47 Å². The number of amides is 2. The van der Waals surface area contributed by atoms with E-state index in [1.165, 1.54) is 4.88 Å². The largest absolute Gasteiger partial charge is 0.496 e. The molecular formula is C29H33ClN2O4S. The Hall–Kier alpha value is -3.03. The number of hydrogen-bond acceptors (Lipinski definition) is 5. The van der Waals surface area contributed by atoms with Gasteiger partial charge in [0.05, 0.1) is 18.7 Å². The first-order valence-electron chi connectivity index (χ1n) is 12.5. The smallest absolute Gasteiger partial charge is 0.258 e. The average Bonchev–Trinajstić information content (AvgIpc) is 3.37. The lowest BCUT2D eigenvalue weighted by Gasteiger charge is -2.37. The van der Waals surface area contributed by atoms with Gasteiger partial charge in [-0.05, 0) is 72.2 Å². The number of aryl methyl sites for hydroxylation is 1. The molecule has 196 valence electrons. The summed E-state index contributed by atoms with van der Waals surface area (Å²) in [4.78, 5) is 32.1. The predicted molar refractivity (Wildman–Crippen MR) is 148 cm³/mol. The van der Waals surface area contributed by atoms with E-state index in [9.17, 15) is 9.59 Å². The molecule has 1 atom stereocenters. The van der Waals surface area contributed by atoms with Crippen molar-refractivity contribution in [1.82, 2.24) is 9.80 Å². The van der Waals surface area contributed by atoms with E-state index in [0.717, 1.165) is 17.5 Å². The van der Waals surface area contributed by atoms with Gasteiger partial charge in [0.2, 0.25) is 5.91 Å². The number of carbonyl (C=O) groups is 2. The standard InChI is InChI=1S/C29H33ClN2O4S/c1-19(2)16-31(29(34)23-7-5-6-8-26(23)35-4)17-28(33)32-13-11-27-22(12-14-37-27)25(32)18-36-21-9-10-24(30)20(3)15-21/h5-10,12,14-15,19,25H,11,13,16-18H2,1-4H3. The molecule has 3 aromatic rings. The second kappa shape index (κ2) is 12.0. The quantitative estimate of drug-likeness (QED) is 0.333. The van der Waals surface area contributed by atoms with Crippen molar-refractivity contribution in [2.24, 2.45) is 5.92 Å². The molecule has 1 unspecified atom stereocenters. The Labute approximate surface area is 227 Å². The summed E-state index contributed by atoms with van der Waals surface area (Å²) in [5, 5.41) is 2.75. The van der Waals surface area contributed by atoms with Gasteiger partial charge in [-0.1, -0.05) is 37.6 Å². The first-order chi connectivity index (χ1) is 17.8. The van der Waals surface area contributed by atoms with E-state index in [-0.39, 0.29) is 30.3 Å². The molecule has 2 aromatic carbocycles. The minimum Gasteiger partial charge on any atom is -0.496 e. The zero-order chi connectivity index (χ0) is 26.5. The van der Waals surface area contributed by atoms with Crippen LogP contribution in [0.5, 0.6) is 11.5 Å². The highest BCUT2D eigenvalue weighted by Gasteiger charge is 2.34. The number of fused-ring (bicyclic) bond motifs is 1. The van der Waals surface area contributed by atoms with Crippen LogP contribution in [0.4, 0.5) is 0 Å². The van der Waals surface area contributed by atoms with E-state index < -0.39 is 0 Å². The fraction of sp³-hybridized carbons (Fsp3) is 0.379. The molecule has 0 spiro atoms. The third-order valence-electron chi connectivity index (χ3n) is 6.49. The molecule has 1 aromatic heterocycles. The van der Waals surface area contributed by atoms with E-state index in [1.807, 2.05) is 49.9 Å². The Morgan fingerprint density at radius 1 is 1.19 bits per heavy atom. The molecule has 0 aliphatic carbocycles. The van der Waals surface area contributed by atoms with Crippen molar-refractivity contribution in [1.29, 1.82) is 0 Å². The Kier molecular flexibility index (Phi) is 8.77. The fourth-order valence-corrected chi connectivity index (χ4v) is 5.71. The molecule has 0 radical (unpaired) electrons. The molecular weight excluding hydrogens is 508 g/mol. The highest BCUT2D eigenvalue weighted by molar-refractivity contribution is 7.10. The number of nitrogens with zero attached hydrogens (tertiary/aromatic N) is 2. The van der Waals surface area contributed by atoms with Gasteiger partial charge < -0.3 is 19.3 Å². The van der Waals surface area contributed by atoms with E-state index in [2.05, 4.69) is 11.4 Å². The number of para-hydroxylation sites is 1. The van der Waals surface area contributed by atoms with Gasteiger partial charge in [0.1, 0.15) is 24.7 Å². The number of ether oxygens (including phenoxy) is 2. The van der Waals surface area contributed by atoms with E-state index in [0.29, 0.717) is 41.8 Å². The van der Waals surface area contributed by atoms with Crippen LogP contribution in [0.1, 0.15) is 46.3 Å². The van der Waals surface area contributed by atoms with Gasteiger partial charge in [0, 0.05) is 23.0 Å². The third-order valence-corrected chi connectivity index (χ3v) is 7.91. The lowest BCUT2D eigenvalue weighted by molar-refractivity contribution is -0.135. The maximum atomic E-state index is 13.8. The molecule has 2 amide bonds. The Morgan fingerprint density at radius 2 is 1.97 bits per heavy atom. The first kappa shape index (κ1) is 27.0. The summed E-state index contributed by atoms with van der Waals surface area (Å²) in [7, 11) is 1.54. The number of thiophene rings is 1. The monoisotopic (exact) mass is 540 g/mol. The van der Waals surface area contributed by atoms with Crippen LogP contribution in [-0.2, 0) is 11.2 Å². The molecule has 1 aliphatic heterocycles. The summed E-state index contributed by atoms with van der Waals surface area (Å²) in [6.07, 6.45) is 0.792. The van der Waals surface area contributed by atoms with Crippen LogP contribution in [0.15, 0.2) is 53.9 Å². The molecule has 0 N–H and O–H groups in total. The number of hydrogen-bond donors (Lipinski definition) is 0. The SMILES string of the molecule is COc1ccccc1C(=O)N(CC(=O)N1CCc2sccc2C1COc1ccc(Cl)c(C)c1)CC(C)C. The average molecular weight is 541 g/mol. The van der Waals surface area contributed by atoms with Crippen molar-refractivity contribution in [3.05, 3.63) is 80.5 Å². The summed E-state index contributed by atoms with van der Waals surface area (Å²) < 4.78 is 11.6. The van der Waals surface area contributed by atoms with E-state index in [1.54, 1.807) is 41.5 Å². The van der Waals surface area contributed by atoms with Crippen LogP contribution >= 0.6 is 22.9 Å². The van der Waals surface area contributed by atoms with Crippen molar-refractivity contribution in [2.75, 3.05) is 33.4 Å². The zero-order valence-electron chi connectivity index (χ0n) is 21.7. The Bertz CT molecular complexity index is 1260. The van der Waals surface area contributed by atoms with Crippen LogP contribution in [0.3, 0.4) is 0 Å². The number of benzene rings is 2. The maximum absolute atomic E-state index is 13.8. The van der Waals surface area contributed by atoms with Crippen molar-refractivity contribution >= 4 is 34.8 Å². The van der Waals surface area contributed by atoms with Crippen LogP contribution in [0.25, 0.3) is 0 Å². The van der Waals surface area contributed by atoms with Gasteiger partial charge in [-0.25, -0.2) is 0 Å². The van der Waals surface area contributed by atoms with Crippen LogP contribution in [0, 0.1) is 12.8 Å². The zero-order valence-corrected chi connectivity index (χ0v) is 23.3. The van der Waals surface area contributed by atoms with Gasteiger partial charge in [-0.3, -0.25) is 9.59 Å². The van der Waals surface area contributed by atoms with Crippen LogP contribution in [-0.4, -0.2) is 55.0 Å². The van der Waals surface area contributed by atoms with Crippen molar-refractivity contribution < 1.29 is 19.1 Å². The van der Waals surface area contributed by atoms with Gasteiger partial charge >= 0.3 is 0 Å². The highest BCUT2D eigenvalue weighted by atomic mass is 35.5. The van der Waals surface area contributed by atoms with Gasteiger partial charge in [-0.15, -0.1) is 11.3 Å². The number of halogens is 1. The summed E-state index contributed by atoms with van der Waals surface area (Å²) >= 11 is 7.88. The van der Waals surface area contributed by atoms with E-state index in [4.69, 9.17) is 21.1 Å². The minimum atomic E-state index is -0.235. The fourth-order valence-electron chi connectivity index (χ4n) is 4.66. The van der Waals surface area contributed by atoms with E-state index >= 15 is 0 Å². The lowest BCUT2D eigenvalue weighted by Crippen LogP contribution is -2.48.